The third-order valence-electron chi connectivity index (χ3n) is 5.96. The van der Waals surface area contributed by atoms with Crippen LogP contribution in [0.1, 0.15) is 27.7 Å². The molecule has 1 amide bonds. The monoisotopic (exact) mass is 426 g/mol. The first-order valence-corrected chi connectivity index (χ1v) is 10.9. The van der Waals surface area contributed by atoms with Crippen molar-refractivity contribution in [2.24, 2.45) is 0 Å². The van der Waals surface area contributed by atoms with Crippen LogP contribution in [0.5, 0.6) is 0 Å². The zero-order chi connectivity index (χ0) is 22.1. The highest BCUT2D eigenvalue weighted by Crippen LogP contribution is 2.28. The van der Waals surface area contributed by atoms with Gasteiger partial charge in [0.05, 0.1) is 28.9 Å². The van der Waals surface area contributed by atoms with E-state index in [1.54, 1.807) is 19.0 Å². The van der Waals surface area contributed by atoms with Crippen molar-refractivity contribution in [3.05, 3.63) is 83.7 Å². The number of carbonyl (C=O) groups excluding carboxylic acids is 1. The van der Waals surface area contributed by atoms with Crippen LogP contribution in [0.15, 0.2) is 66.9 Å². The van der Waals surface area contributed by atoms with Gasteiger partial charge in [-0.1, -0.05) is 42.5 Å². The minimum atomic E-state index is -0.190. The van der Waals surface area contributed by atoms with Crippen molar-refractivity contribution in [1.82, 2.24) is 19.8 Å². The molecular formula is C26H26N4O2. The maximum atomic E-state index is 12.9. The number of hydrogen-bond acceptors (Lipinski definition) is 5. The number of benzene rings is 2. The van der Waals surface area contributed by atoms with E-state index in [0.717, 1.165) is 40.6 Å². The summed E-state index contributed by atoms with van der Waals surface area (Å²) in [6.45, 7) is 2.97. The third-order valence-corrected chi connectivity index (χ3v) is 5.96. The quantitative estimate of drug-likeness (QED) is 0.493. The lowest BCUT2D eigenvalue weighted by Gasteiger charge is -2.33. The molecule has 0 spiro atoms. The van der Waals surface area contributed by atoms with Crippen molar-refractivity contribution in [1.29, 1.82) is 0 Å². The average molecular weight is 427 g/mol. The summed E-state index contributed by atoms with van der Waals surface area (Å²) in [5, 5.41) is 2.02. The van der Waals surface area contributed by atoms with E-state index >= 15 is 0 Å². The van der Waals surface area contributed by atoms with Gasteiger partial charge in [-0.25, -0.2) is 4.98 Å². The Bertz CT molecular complexity index is 1280. The molecule has 6 heteroatoms. The van der Waals surface area contributed by atoms with Crippen LogP contribution in [0.3, 0.4) is 0 Å². The molecule has 0 N–H and O–H groups in total. The second kappa shape index (κ2) is 8.65. The van der Waals surface area contributed by atoms with Crippen LogP contribution in [0.25, 0.3) is 21.8 Å². The van der Waals surface area contributed by atoms with Gasteiger partial charge in [-0.2, -0.15) is 0 Å². The molecule has 2 aromatic heterocycles. The number of hydrogen-bond donors (Lipinski definition) is 0. The van der Waals surface area contributed by atoms with E-state index < -0.39 is 0 Å². The Hall–Kier alpha value is -3.35. The van der Waals surface area contributed by atoms with Crippen LogP contribution in [0.4, 0.5) is 0 Å². The predicted octanol–water partition coefficient (Wildman–Crippen LogP) is 4.06. The van der Waals surface area contributed by atoms with Crippen molar-refractivity contribution in [2.75, 3.05) is 33.8 Å². The summed E-state index contributed by atoms with van der Waals surface area (Å²) in [7, 11) is 3.54. The van der Waals surface area contributed by atoms with E-state index in [0.29, 0.717) is 18.7 Å². The molecule has 1 saturated heterocycles. The van der Waals surface area contributed by atoms with Crippen molar-refractivity contribution in [3.8, 4) is 0 Å². The molecule has 1 aliphatic heterocycles. The van der Waals surface area contributed by atoms with Crippen LogP contribution in [0.2, 0.25) is 0 Å². The molecule has 3 heterocycles. The second-order valence-corrected chi connectivity index (χ2v) is 8.40. The molecule has 0 bridgehead atoms. The largest absolute Gasteiger partial charge is 0.369 e. The summed E-state index contributed by atoms with van der Waals surface area (Å²) in [4.78, 5) is 26.3. The fourth-order valence-electron chi connectivity index (χ4n) is 4.34. The lowest BCUT2D eigenvalue weighted by atomic mass is 10.0. The van der Waals surface area contributed by atoms with Gasteiger partial charge in [0.1, 0.15) is 6.10 Å². The van der Waals surface area contributed by atoms with Gasteiger partial charge in [0, 0.05) is 50.7 Å². The van der Waals surface area contributed by atoms with Crippen molar-refractivity contribution in [2.45, 2.75) is 12.6 Å². The van der Waals surface area contributed by atoms with Gasteiger partial charge < -0.3 is 9.64 Å². The second-order valence-electron chi connectivity index (χ2n) is 8.40. The smallest absolute Gasteiger partial charge is 0.254 e. The van der Waals surface area contributed by atoms with Gasteiger partial charge in [0.15, 0.2) is 0 Å². The Kier molecular flexibility index (Phi) is 5.55. The molecule has 1 aliphatic rings. The van der Waals surface area contributed by atoms with Crippen LogP contribution < -0.4 is 0 Å². The van der Waals surface area contributed by atoms with Gasteiger partial charge in [-0.3, -0.25) is 14.7 Å². The number of ether oxygens (including phenoxy) is 1. The zero-order valence-corrected chi connectivity index (χ0v) is 18.4. The molecule has 0 aliphatic carbocycles. The molecule has 1 unspecified atom stereocenters. The molecular weight excluding hydrogens is 400 g/mol. The lowest BCUT2D eigenvalue weighted by molar-refractivity contribution is -0.0347. The number of aromatic nitrogens is 2. The molecule has 32 heavy (non-hydrogen) atoms. The molecule has 4 aromatic rings. The fourth-order valence-corrected chi connectivity index (χ4v) is 4.34. The van der Waals surface area contributed by atoms with E-state index in [1.165, 1.54) is 5.56 Å². The number of morpholine rings is 1. The van der Waals surface area contributed by atoms with Crippen molar-refractivity contribution < 1.29 is 9.53 Å². The van der Waals surface area contributed by atoms with E-state index in [9.17, 15) is 4.79 Å². The Morgan fingerprint density at radius 1 is 1.12 bits per heavy atom. The number of nitrogens with zero attached hydrogens (tertiary/aromatic N) is 4. The maximum absolute atomic E-state index is 12.9. The molecule has 162 valence electrons. The zero-order valence-electron chi connectivity index (χ0n) is 18.4. The third kappa shape index (κ3) is 3.95. The Morgan fingerprint density at radius 2 is 1.97 bits per heavy atom. The van der Waals surface area contributed by atoms with E-state index in [-0.39, 0.29) is 12.0 Å². The molecule has 5 rings (SSSR count). The summed E-state index contributed by atoms with van der Waals surface area (Å²) < 4.78 is 6.12. The number of pyridine rings is 2. The highest BCUT2D eigenvalue weighted by atomic mass is 16.5. The number of amides is 1. The summed E-state index contributed by atoms with van der Waals surface area (Å²) in [5.74, 6) is -0.0284. The highest BCUT2D eigenvalue weighted by molar-refractivity contribution is 6.06. The van der Waals surface area contributed by atoms with Crippen LogP contribution in [-0.4, -0.2) is 59.5 Å². The molecule has 2 aromatic carbocycles. The van der Waals surface area contributed by atoms with Crippen molar-refractivity contribution >= 4 is 27.7 Å². The number of rotatable bonds is 4. The Balaban J connectivity index is 1.45. The first-order chi connectivity index (χ1) is 15.6. The summed E-state index contributed by atoms with van der Waals surface area (Å²) in [6.07, 6.45) is 1.65. The molecule has 6 nitrogen and oxygen atoms in total. The predicted molar refractivity (Wildman–Crippen MR) is 125 cm³/mol. The van der Waals surface area contributed by atoms with Crippen LogP contribution >= 0.6 is 0 Å². The van der Waals surface area contributed by atoms with Gasteiger partial charge in [-0.05, 0) is 23.8 Å². The summed E-state index contributed by atoms with van der Waals surface area (Å²) in [6, 6.07) is 20.1. The Labute approximate surface area is 187 Å². The van der Waals surface area contributed by atoms with Gasteiger partial charge in [0.25, 0.3) is 5.91 Å². The van der Waals surface area contributed by atoms with E-state index in [1.807, 2.05) is 42.6 Å². The fraction of sp³-hybridized carbons (Fsp3) is 0.269. The first kappa shape index (κ1) is 20.5. The summed E-state index contributed by atoms with van der Waals surface area (Å²) >= 11 is 0. The summed E-state index contributed by atoms with van der Waals surface area (Å²) in [5.41, 5.74) is 4.53. The van der Waals surface area contributed by atoms with Gasteiger partial charge in [0.2, 0.25) is 0 Å². The molecule has 0 saturated carbocycles. The Morgan fingerprint density at radius 3 is 2.84 bits per heavy atom. The minimum Gasteiger partial charge on any atom is -0.369 e. The first-order valence-electron chi connectivity index (χ1n) is 10.9. The van der Waals surface area contributed by atoms with Gasteiger partial charge in [-0.15, -0.1) is 0 Å². The van der Waals surface area contributed by atoms with E-state index in [4.69, 9.17) is 9.72 Å². The molecule has 1 fully saturated rings. The van der Waals surface area contributed by atoms with Crippen LogP contribution in [0, 0.1) is 0 Å². The number of fused-ring (bicyclic) bond motifs is 2. The standard InChI is InChI=1S/C26H26N4O2/c1-29(2)26(31)21-15-23(28-22-11-4-3-10-20(21)22)24-17-30(13-14-32-24)16-19-8-5-7-18-9-6-12-27-25(18)19/h3-12,15,24H,13-14,16-17H2,1-2H3. The van der Waals surface area contributed by atoms with Crippen molar-refractivity contribution in [3.63, 3.8) is 0 Å². The molecule has 1 atom stereocenters. The SMILES string of the molecule is CN(C)C(=O)c1cc(C2CN(Cc3cccc4cccnc34)CCO2)nc2ccccc12. The highest BCUT2D eigenvalue weighted by Gasteiger charge is 2.26. The maximum Gasteiger partial charge on any atom is 0.254 e. The number of para-hydroxylation sites is 2. The number of carbonyl (C=O) groups is 1. The molecule has 0 radical (unpaired) electrons. The van der Waals surface area contributed by atoms with E-state index in [2.05, 4.69) is 34.1 Å². The topological polar surface area (TPSA) is 58.6 Å². The van der Waals surface area contributed by atoms with Crippen LogP contribution in [-0.2, 0) is 11.3 Å². The minimum absolute atomic E-state index is 0.0284. The van der Waals surface area contributed by atoms with Gasteiger partial charge >= 0.3 is 0 Å². The average Bonchev–Trinajstić information content (AvgIpc) is 2.83. The normalized spacial score (nSPS) is 17.0. The lowest BCUT2D eigenvalue weighted by Crippen LogP contribution is -2.38.